The van der Waals surface area contributed by atoms with E-state index in [1.165, 1.54) is 111 Å². The molecule has 0 N–H and O–H groups in total. The first-order valence-electron chi connectivity index (χ1n) is 26.7. The van der Waals surface area contributed by atoms with Crippen LogP contribution in [0.2, 0.25) is 0 Å². The van der Waals surface area contributed by atoms with E-state index in [9.17, 15) is 0 Å². The largest absolute Gasteiger partial charge is 0.310 e. The summed E-state index contributed by atoms with van der Waals surface area (Å²) in [6.07, 6.45) is 0. The Morgan fingerprint density at radius 2 is 0.487 bits per heavy atom. The fourth-order valence-corrected chi connectivity index (χ4v) is 14.9. The smallest absolute Gasteiger partial charge is 0.0726 e. The molecule has 0 unspecified atom stereocenters. The van der Waals surface area contributed by atoms with Gasteiger partial charge in [-0.3, -0.25) is 0 Å². The van der Waals surface area contributed by atoms with Gasteiger partial charge < -0.3 is 4.90 Å². The van der Waals surface area contributed by atoms with Crippen molar-refractivity contribution < 1.29 is 0 Å². The molecule has 76 heavy (non-hydrogen) atoms. The molecule has 0 radical (unpaired) electrons. The van der Waals surface area contributed by atoms with Crippen molar-refractivity contribution >= 4 is 17.1 Å². The van der Waals surface area contributed by atoms with Crippen LogP contribution in [0.5, 0.6) is 0 Å². The number of rotatable bonds is 7. The standard InChI is InChI=1S/C75H49N/c1-5-24-50(25-6-1)73(51-26-7-2-8-27-51)67-41-22-17-36-62(67)72-68(73)42-23-43-71(72)76(54-44-46-60-58-34-13-18-37-63(58)74(69(60)48-54,52-28-9-3-10-29-52)53-30-11-4-12-31-53)55-45-47-61-59-35-16-21-40-66(59)75(70(61)49-55)64-38-19-14-32-56(64)57-33-15-20-39-65(57)75/h1-49H. The van der Waals surface area contributed by atoms with E-state index in [-0.39, 0.29) is 0 Å². The highest BCUT2D eigenvalue weighted by molar-refractivity contribution is 6.01. The molecule has 0 bridgehead atoms. The fourth-order valence-electron chi connectivity index (χ4n) is 14.9. The minimum absolute atomic E-state index is 0.517. The Kier molecular flexibility index (Phi) is 9.15. The number of fused-ring (bicyclic) bond motifs is 16. The number of nitrogens with zero attached hydrogens (tertiary/aromatic N) is 1. The van der Waals surface area contributed by atoms with E-state index >= 15 is 0 Å². The van der Waals surface area contributed by atoms with E-state index in [4.69, 9.17) is 0 Å². The highest BCUT2D eigenvalue weighted by Crippen LogP contribution is 2.65. The molecule has 16 rings (SSSR count). The van der Waals surface area contributed by atoms with Crippen molar-refractivity contribution in [1.82, 2.24) is 0 Å². The normalized spacial score (nSPS) is 14.6. The quantitative estimate of drug-likeness (QED) is 0.154. The summed E-state index contributed by atoms with van der Waals surface area (Å²) in [5.41, 5.74) is 27.3. The summed E-state index contributed by atoms with van der Waals surface area (Å²) >= 11 is 0. The maximum Gasteiger partial charge on any atom is 0.0726 e. The Labute approximate surface area is 444 Å². The number of anilines is 3. The van der Waals surface area contributed by atoms with Gasteiger partial charge in [-0.05, 0) is 136 Å². The molecule has 0 aliphatic heterocycles. The minimum Gasteiger partial charge on any atom is -0.310 e. The zero-order chi connectivity index (χ0) is 50.0. The first kappa shape index (κ1) is 42.9. The van der Waals surface area contributed by atoms with Crippen LogP contribution < -0.4 is 4.90 Å². The van der Waals surface area contributed by atoms with Gasteiger partial charge >= 0.3 is 0 Å². The van der Waals surface area contributed by atoms with Crippen LogP contribution in [-0.4, -0.2) is 0 Å². The Morgan fingerprint density at radius 1 is 0.197 bits per heavy atom. The summed E-state index contributed by atoms with van der Waals surface area (Å²) in [6.45, 7) is 0. The topological polar surface area (TPSA) is 3.24 Å². The molecule has 4 aliphatic carbocycles. The molecule has 0 saturated carbocycles. The van der Waals surface area contributed by atoms with Gasteiger partial charge in [0.25, 0.3) is 0 Å². The third-order valence-electron chi connectivity index (χ3n) is 17.6. The van der Waals surface area contributed by atoms with Gasteiger partial charge in [-0.2, -0.15) is 0 Å². The second-order valence-corrected chi connectivity index (χ2v) is 20.9. The highest BCUT2D eigenvalue weighted by Gasteiger charge is 2.53. The van der Waals surface area contributed by atoms with Gasteiger partial charge in [0.05, 0.1) is 21.9 Å². The molecule has 0 heterocycles. The van der Waals surface area contributed by atoms with Gasteiger partial charge in [0.2, 0.25) is 0 Å². The van der Waals surface area contributed by atoms with Gasteiger partial charge in [-0.1, -0.05) is 267 Å². The van der Waals surface area contributed by atoms with Gasteiger partial charge in [-0.15, -0.1) is 0 Å². The van der Waals surface area contributed by atoms with Gasteiger partial charge in [0.15, 0.2) is 0 Å². The van der Waals surface area contributed by atoms with Crippen LogP contribution in [0.15, 0.2) is 297 Å². The summed E-state index contributed by atoms with van der Waals surface area (Å²) in [6, 6.07) is 112. The summed E-state index contributed by atoms with van der Waals surface area (Å²) in [7, 11) is 0. The lowest BCUT2D eigenvalue weighted by atomic mass is 9.67. The van der Waals surface area contributed by atoms with Crippen LogP contribution in [0.3, 0.4) is 0 Å². The van der Waals surface area contributed by atoms with E-state index in [2.05, 4.69) is 302 Å². The Morgan fingerprint density at radius 3 is 0.895 bits per heavy atom. The predicted octanol–water partition coefficient (Wildman–Crippen LogP) is 18.2. The summed E-state index contributed by atoms with van der Waals surface area (Å²) in [4.78, 5) is 2.61. The van der Waals surface area contributed by atoms with E-state index < -0.39 is 16.2 Å². The molecule has 4 aliphatic rings. The van der Waals surface area contributed by atoms with Crippen LogP contribution in [0, 0.1) is 0 Å². The average Bonchev–Trinajstić information content (AvgIpc) is 4.39. The van der Waals surface area contributed by atoms with Crippen LogP contribution in [-0.2, 0) is 16.2 Å². The van der Waals surface area contributed by atoms with Gasteiger partial charge in [0, 0.05) is 16.9 Å². The molecular weight excluding hydrogens is 915 g/mol. The second-order valence-electron chi connectivity index (χ2n) is 20.9. The van der Waals surface area contributed by atoms with E-state index in [1.807, 2.05) is 0 Å². The maximum absolute atomic E-state index is 2.61. The molecule has 0 atom stereocenters. The van der Waals surface area contributed by atoms with Crippen LogP contribution >= 0.6 is 0 Å². The summed E-state index contributed by atoms with van der Waals surface area (Å²) in [5, 5.41) is 0. The molecule has 12 aromatic rings. The second kappa shape index (κ2) is 16.2. The predicted molar refractivity (Wildman–Crippen MR) is 312 cm³/mol. The molecule has 0 aromatic heterocycles. The van der Waals surface area contributed by atoms with Crippen LogP contribution in [0.1, 0.15) is 66.8 Å². The summed E-state index contributed by atoms with van der Waals surface area (Å²) < 4.78 is 0. The van der Waals surface area contributed by atoms with Crippen LogP contribution in [0.4, 0.5) is 17.1 Å². The van der Waals surface area contributed by atoms with Crippen LogP contribution in [0.25, 0.3) is 44.5 Å². The Balaban J connectivity index is 1.03. The van der Waals surface area contributed by atoms with E-state index in [0.717, 1.165) is 17.1 Å². The van der Waals surface area contributed by atoms with Gasteiger partial charge in [0.1, 0.15) is 0 Å². The molecule has 354 valence electrons. The third kappa shape index (κ3) is 5.49. The molecule has 0 amide bonds. The van der Waals surface area contributed by atoms with Gasteiger partial charge in [-0.25, -0.2) is 0 Å². The number of hydrogen-bond donors (Lipinski definition) is 0. The molecule has 1 nitrogen and oxygen atoms in total. The Bertz CT molecular complexity index is 4040. The molecule has 1 heteroatoms. The van der Waals surface area contributed by atoms with Crippen molar-refractivity contribution in [3.05, 3.63) is 364 Å². The van der Waals surface area contributed by atoms with Crippen molar-refractivity contribution in [2.24, 2.45) is 0 Å². The first-order chi connectivity index (χ1) is 37.7. The molecule has 0 fully saturated rings. The molecule has 0 saturated heterocycles. The lowest BCUT2D eigenvalue weighted by Gasteiger charge is -2.36. The number of benzene rings is 12. The van der Waals surface area contributed by atoms with Crippen molar-refractivity contribution in [3.8, 4) is 44.5 Å². The van der Waals surface area contributed by atoms with Crippen molar-refractivity contribution in [3.63, 3.8) is 0 Å². The van der Waals surface area contributed by atoms with E-state index in [1.54, 1.807) is 0 Å². The molecular formula is C75H49N. The van der Waals surface area contributed by atoms with Crippen molar-refractivity contribution in [2.75, 3.05) is 4.90 Å². The zero-order valence-electron chi connectivity index (χ0n) is 41.7. The highest BCUT2D eigenvalue weighted by atomic mass is 15.1. The lowest BCUT2D eigenvalue weighted by Crippen LogP contribution is -2.29. The number of hydrogen-bond acceptors (Lipinski definition) is 1. The fraction of sp³-hybridized carbons (Fsp3) is 0.0400. The average molecular weight is 964 g/mol. The summed E-state index contributed by atoms with van der Waals surface area (Å²) in [5.74, 6) is 0. The van der Waals surface area contributed by atoms with E-state index in [0.29, 0.717) is 0 Å². The maximum atomic E-state index is 2.61. The molecule has 12 aromatic carbocycles. The SMILES string of the molecule is c1ccc(C2(c3ccccc3)c3ccccc3-c3ccc(N(c4ccc5c(c4)C4(c6ccccc6-c6ccccc64)c4ccccc4-5)c4cccc5c4-c4ccccc4C5(c4ccccc4)c4ccccc4)cc32)cc1. The van der Waals surface area contributed by atoms with Crippen molar-refractivity contribution in [2.45, 2.75) is 16.2 Å². The first-order valence-corrected chi connectivity index (χ1v) is 26.7. The molecule has 1 spiro atoms. The minimum atomic E-state index is -0.585. The zero-order valence-corrected chi connectivity index (χ0v) is 41.7. The lowest BCUT2D eigenvalue weighted by molar-refractivity contribution is 0.768. The third-order valence-corrected chi connectivity index (χ3v) is 17.6. The van der Waals surface area contributed by atoms with Crippen molar-refractivity contribution in [1.29, 1.82) is 0 Å². The monoisotopic (exact) mass is 963 g/mol. The Hall–Kier alpha value is -9.56.